The van der Waals surface area contributed by atoms with Crippen molar-refractivity contribution in [1.82, 2.24) is 29.9 Å². The Hall–Kier alpha value is -1.04. The second-order valence-corrected chi connectivity index (χ2v) is 8.45. The smallest absolute Gasteiger partial charge is 0.242 e. The molecule has 10 heteroatoms. The average Bonchev–Trinajstić information content (AvgIpc) is 3.40. The van der Waals surface area contributed by atoms with Crippen molar-refractivity contribution in [2.24, 2.45) is 4.99 Å². The van der Waals surface area contributed by atoms with E-state index in [1.165, 1.54) is 25.7 Å². The molecule has 1 N–H and O–H groups in total. The normalized spacial score (nSPS) is 14.4. The molecule has 1 heterocycles. The molecule has 0 atom stereocenters. The maximum absolute atomic E-state index is 12.4. The number of amides is 1. The first-order valence-electron chi connectivity index (χ1n) is 11.3. The van der Waals surface area contributed by atoms with Gasteiger partial charge in [-0.25, -0.2) is 0 Å². The Bertz CT molecular complexity index is 687. The number of nitrogens with zero attached hydrogens (tertiary/aromatic N) is 6. The lowest BCUT2D eigenvalue weighted by Crippen LogP contribution is -2.45. The van der Waals surface area contributed by atoms with Gasteiger partial charge in [-0.3, -0.25) is 9.79 Å². The average molecular weight is 566 g/mol. The van der Waals surface area contributed by atoms with Crippen LogP contribution in [-0.4, -0.2) is 82.5 Å². The lowest BCUT2D eigenvalue weighted by atomic mass is 10.2. The molecule has 1 fully saturated rings. The molecule has 31 heavy (non-hydrogen) atoms. The number of halogens is 1. The van der Waals surface area contributed by atoms with E-state index in [-0.39, 0.29) is 29.9 Å². The van der Waals surface area contributed by atoms with E-state index in [2.05, 4.69) is 26.3 Å². The van der Waals surface area contributed by atoms with E-state index in [9.17, 15) is 4.79 Å². The summed E-state index contributed by atoms with van der Waals surface area (Å²) in [7, 11) is 1.92. The number of aliphatic imine (C=N–C) groups is 1. The van der Waals surface area contributed by atoms with Crippen molar-refractivity contribution < 1.29 is 4.79 Å². The molecule has 8 nitrogen and oxygen atoms in total. The van der Waals surface area contributed by atoms with Crippen LogP contribution in [0.15, 0.2) is 10.1 Å². The number of rotatable bonds is 11. The number of carbonyl (C=O) groups excluding carboxylic acids is 1. The Morgan fingerprint density at radius 2 is 1.90 bits per heavy atom. The quantitative estimate of drug-likeness (QED) is 0.146. The van der Waals surface area contributed by atoms with Gasteiger partial charge < -0.3 is 19.7 Å². The predicted octanol–water partition coefficient (Wildman–Crippen LogP) is 3.43. The van der Waals surface area contributed by atoms with Crippen molar-refractivity contribution >= 4 is 47.6 Å². The zero-order valence-corrected chi connectivity index (χ0v) is 22.9. The third-order valence-electron chi connectivity index (χ3n) is 5.61. The van der Waals surface area contributed by atoms with Crippen molar-refractivity contribution in [3.8, 4) is 0 Å². The van der Waals surface area contributed by atoms with Crippen molar-refractivity contribution in [1.29, 1.82) is 0 Å². The summed E-state index contributed by atoms with van der Waals surface area (Å²) in [5, 5.41) is 13.2. The molecule has 1 saturated carbocycles. The third-order valence-corrected chi connectivity index (χ3v) is 6.26. The molecule has 0 bridgehead atoms. The fourth-order valence-corrected chi connectivity index (χ4v) is 4.57. The van der Waals surface area contributed by atoms with Crippen LogP contribution in [0.25, 0.3) is 0 Å². The van der Waals surface area contributed by atoms with Crippen molar-refractivity contribution in [3.05, 3.63) is 5.82 Å². The number of nitrogens with one attached hydrogen (secondary N) is 1. The minimum atomic E-state index is 0. The van der Waals surface area contributed by atoms with E-state index in [4.69, 9.17) is 4.99 Å². The standard InChI is InChI=1S/C21H39N7OS.HI/c1-6-22-20(26(4)16-19(29)27(7-2)8-3)23-15-11-14-18-24-25-21(30-5)28(18)17-12-9-10-13-17;/h17H,6-16H2,1-5H3,(H,22,23);1H. The second kappa shape index (κ2) is 14.9. The summed E-state index contributed by atoms with van der Waals surface area (Å²) in [5.74, 6) is 1.99. The first kappa shape index (κ1) is 28.0. The summed E-state index contributed by atoms with van der Waals surface area (Å²) in [6, 6.07) is 0.551. The van der Waals surface area contributed by atoms with Crippen LogP contribution < -0.4 is 5.32 Å². The fraction of sp³-hybridized carbons (Fsp3) is 0.810. The Labute approximate surface area is 209 Å². The number of carbonyl (C=O) groups is 1. The van der Waals surface area contributed by atoms with Crippen LogP contribution in [-0.2, 0) is 11.2 Å². The van der Waals surface area contributed by atoms with Crippen molar-refractivity contribution in [3.63, 3.8) is 0 Å². The minimum absolute atomic E-state index is 0. The first-order chi connectivity index (χ1) is 14.5. The van der Waals surface area contributed by atoms with Gasteiger partial charge in [0.25, 0.3) is 0 Å². The van der Waals surface area contributed by atoms with Gasteiger partial charge in [0.05, 0.1) is 6.54 Å². The highest BCUT2D eigenvalue weighted by Gasteiger charge is 2.23. The molecule has 0 unspecified atom stereocenters. The third kappa shape index (κ3) is 8.11. The summed E-state index contributed by atoms with van der Waals surface area (Å²) in [5.41, 5.74) is 0. The predicted molar refractivity (Wildman–Crippen MR) is 140 cm³/mol. The highest BCUT2D eigenvalue weighted by molar-refractivity contribution is 14.0. The monoisotopic (exact) mass is 565 g/mol. The van der Waals surface area contributed by atoms with Crippen LogP contribution in [0.3, 0.4) is 0 Å². The molecule has 1 aliphatic carbocycles. The number of hydrogen-bond acceptors (Lipinski definition) is 5. The van der Waals surface area contributed by atoms with Crippen molar-refractivity contribution in [2.75, 3.05) is 46.0 Å². The second-order valence-electron chi connectivity index (χ2n) is 7.67. The Kier molecular flexibility index (Phi) is 13.5. The molecule has 0 aliphatic heterocycles. The van der Waals surface area contributed by atoms with Crippen LogP contribution >= 0.6 is 35.7 Å². The van der Waals surface area contributed by atoms with Gasteiger partial charge in [0.2, 0.25) is 5.91 Å². The lowest BCUT2D eigenvalue weighted by Gasteiger charge is -2.25. The molecular formula is C21H40IN7OS. The molecule has 0 saturated heterocycles. The van der Waals surface area contributed by atoms with Crippen LogP contribution in [0, 0.1) is 0 Å². The van der Waals surface area contributed by atoms with E-state index < -0.39 is 0 Å². The van der Waals surface area contributed by atoms with Gasteiger partial charge in [0.15, 0.2) is 11.1 Å². The van der Waals surface area contributed by atoms with Crippen LogP contribution in [0.2, 0.25) is 0 Å². The number of thioether (sulfide) groups is 1. The Morgan fingerprint density at radius 1 is 1.23 bits per heavy atom. The van der Waals surface area contributed by atoms with Crippen molar-refractivity contribution in [2.45, 2.75) is 70.5 Å². The topological polar surface area (TPSA) is 78.6 Å². The summed E-state index contributed by atoms with van der Waals surface area (Å²) in [6.45, 7) is 9.33. The van der Waals surface area contributed by atoms with Crippen LogP contribution in [0.5, 0.6) is 0 Å². The molecular weight excluding hydrogens is 525 g/mol. The number of hydrogen-bond donors (Lipinski definition) is 1. The number of aryl methyl sites for hydroxylation is 1. The number of likely N-dealkylation sites (N-methyl/N-ethyl adjacent to an activating group) is 2. The fourth-order valence-electron chi connectivity index (χ4n) is 3.99. The molecule has 0 aromatic carbocycles. The number of aromatic nitrogens is 3. The van der Waals surface area contributed by atoms with Gasteiger partial charge in [0, 0.05) is 45.7 Å². The maximum atomic E-state index is 12.4. The van der Waals surface area contributed by atoms with Crippen LogP contribution in [0.1, 0.15) is 64.7 Å². The lowest BCUT2D eigenvalue weighted by molar-refractivity contribution is -0.131. The van der Waals surface area contributed by atoms with E-state index in [1.54, 1.807) is 11.8 Å². The summed E-state index contributed by atoms with van der Waals surface area (Å²) >= 11 is 1.68. The molecule has 1 amide bonds. The number of guanidine groups is 1. The van der Waals surface area contributed by atoms with Gasteiger partial charge >= 0.3 is 0 Å². The van der Waals surface area contributed by atoms with Gasteiger partial charge in [-0.1, -0.05) is 24.6 Å². The summed E-state index contributed by atoms with van der Waals surface area (Å²) in [4.78, 5) is 20.9. The molecule has 1 aromatic heterocycles. The highest BCUT2D eigenvalue weighted by atomic mass is 127. The van der Waals surface area contributed by atoms with E-state index in [1.807, 2.05) is 37.6 Å². The minimum Gasteiger partial charge on any atom is -0.357 e. The SMILES string of the molecule is CCNC(=NCCCc1nnc(SC)n1C1CCCC1)N(C)CC(=O)N(CC)CC.I. The van der Waals surface area contributed by atoms with Crippen LogP contribution in [0.4, 0.5) is 0 Å². The summed E-state index contributed by atoms with van der Waals surface area (Å²) in [6.07, 6.45) is 8.90. The molecule has 1 aromatic rings. The highest BCUT2D eigenvalue weighted by Crippen LogP contribution is 2.33. The van der Waals surface area contributed by atoms with Gasteiger partial charge in [-0.05, 0) is 46.3 Å². The Morgan fingerprint density at radius 3 is 2.48 bits per heavy atom. The molecule has 0 radical (unpaired) electrons. The zero-order valence-electron chi connectivity index (χ0n) is 19.8. The maximum Gasteiger partial charge on any atom is 0.242 e. The molecule has 2 rings (SSSR count). The molecule has 1 aliphatic rings. The van der Waals surface area contributed by atoms with Gasteiger partial charge in [-0.2, -0.15) is 0 Å². The molecule has 0 spiro atoms. The van der Waals surface area contributed by atoms with Gasteiger partial charge in [-0.15, -0.1) is 34.2 Å². The van der Waals surface area contributed by atoms with E-state index >= 15 is 0 Å². The zero-order chi connectivity index (χ0) is 21.9. The summed E-state index contributed by atoms with van der Waals surface area (Å²) < 4.78 is 2.36. The van der Waals surface area contributed by atoms with E-state index in [0.29, 0.717) is 19.1 Å². The molecule has 178 valence electrons. The van der Waals surface area contributed by atoms with Gasteiger partial charge in [0.1, 0.15) is 5.82 Å². The first-order valence-corrected chi connectivity index (χ1v) is 12.5. The Balaban J connectivity index is 0.00000480. The van der Waals surface area contributed by atoms with E-state index in [0.717, 1.165) is 49.4 Å². The largest absolute Gasteiger partial charge is 0.357 e.